The Bertz CT molecular complexity index is 887. The van der Waals surface area contributed by atoms with Crippen LogP contribution in [-0.4, -0.2) is 4.98 Å². The van der Waals surface area contributed by atoms with Gasteiger partial charge in [-0.2, -0.15) is 0 Å². The second kappa shape index (κ2) is 5.81. The van der Waals surface area contributed by atoms with Gasteiger partial charge in [-0.3, -0.25) is 4.98 Å². The van der Waals surface area contributed by atoms with Crippen LogP contribution in [0.5, 0.6) is 0 Å². The van der Waals surface area contributed by atoms with Gasteiger partial charge in [-0.25, -0.2) is 0 Å². The van der Waals surface area contributed by atoms with Gasteiger partial charge in [-0.15, -0.1) is 0 Å². The Hall–Kier alpha value is -2.15. The minimum Gasteiger partial charge on any atom is -0.256 e. The van der Waals surface area contributed by atoms with Gasteiger partial charge < -0.3 is 0 Å². The van der Waals surface area contributed by atoms with Crippen molar-refractivity contribution < 1.29 is 1.37 Å². The third kappa shape index (κ3) is 2.76. The summed E-state index contributed by atoms with van der Waals surface area (Å²) in [6, 6.07) is 15.2. The average Bonchev–Trinajstić information content (AvgIpc) is 3.07. The van der Waals surface area contributed by atoms with E-state index in [0.717, 1.165) is 22.0 Å². The lowest BCUT2D eigenvalue weighted by Gasteiger charge is -2.13. The number of hydrogen-bond donors (Lipinski definition) is 0. The van der Waals surface area contributed by atoms with E-state index in [0.29, 0.717) is 12.1 Å². The van der Waals surface area contributed by atoms with Crippen LogP contribution in [-0.2, 0) is 0 Å². The molecule has 0 aliphatic heterocycles. The Balaban J connectivity index is 1.89. The molecule has 1 nitrogen and oxygen atoms in total. The van der Waals surface area contributed by atoms with Crippen LogP contribution in [0.2, 0.25) is 0 Å². The maximum Gasteiger partial charge on any atom is 0.0840 e. The largest absolute Gasteiger partial charge is 0.256 e. The van der Waals surface area contributed by atoms with Crippen LogP contribution in [0, 0.1) is 13.8 Å². The fourth-order valence-electron chi connectivity index (χ4n) is 3.99. The Morgan fingerprint density at radius 3 is 2.43 bits per heavy atom. The monoisotopic (exact) mass is 302 g/mol. The van der Waals surface area contributed by atoms with E-state index in [2.05, 4.69) is 55.2 Å². The lowest BCUT2D eigenvalue weighted by molar-refractivity contribution is 0.724. The molecular weight excluding hydrogens is 278 g/mol. The van der Waals surface area contributed by atoms with E-state index in [-0.39, 0.29) is 0 Å². The number of rotatable bonds is 2. The predicted molar refractivity (Wildman–Crippen MR) is 97.9 cm³/mol. The number of fused-ring (bicyclic) bond motifs is 1. The summed E-state index contributed by atoms with van der Waals surface area (Å²) in [6.07, 6.45) is 5.63. The molecule has 0 unspecified atom stereocenters. The van der Waals surface area contributed by atoms with Crippen molar-refractivity contribution in [3.8, 4) is 11.3 Å². The molecule has 1 saturated carbocycles. The summed E-state index contributed by atoms with van der Waals surface area (Å²) in [5.74, 6) is 0.696. The summed E-state index contributed by atoms with van der Waals surface area (Å²) in [5, 5.41) is 2.30. The molecule has 0 spiro atoms. The molecule has 0 saturated heterocycles. The highest BCUT2D eigenvalue weighted by Crippen LogP contribution is 2.36. The van der Waals surface area contributed by atoms with Gasteiger partial charge in [0.1, 0.15) is 0 Å². The van der Waals surface area contributed by atoms with Crippen LogP contribution in [0.4, 0.5) is 0 Å². The zero-order valence-corrected chi connectivity index (χ0v) is 13.9. The third-order valence-corrected chi connectivity index (χ3v) is 5.05. The van der Waals surface area contributed by atoms with Crippen molar-refractivity contribution in [1.82, 2.24) is 4.98 Å². The van der Waals surface area contributed by atoms with Crippen molar-refractivity contribution in [2.45, 2.75) is 45.4 Å². The van der Waals surface area contributed by atoms with Crippen molar-refractivity contribution in [2.24, 2.45) is 0 Å². The smallest absolute Gasteiger partial charge is 0.0840 e. The molecule has 0 amide bonds. The highest BCUT2D eigenvalue weighted by atomic mass is 14.7. The predicted octanol–water partition coefficient (Wildman–Crippen LogP) is 6.18. The van der Waals surface area contributed by atoms with E-state index in [4.69, 9.17) is 1.37 Å². The van der Waals surface area contributed by atoms with E-state index >= 15 is 0 Å². The van der Waals surface area contributed by atoms with Gasteiger partial charge in [-0.05, 0) is 61.8 Å². The molecule has 23 heavy (non-hydrogen) atoms. The first-order valence-corrected chi connectivity index (χ1v) is 8.60. The molecule has 1 aliphatic carbocycles. The molecule has 0 N–H and O–H groups in total. The summed E-state index contributed by atoms with van der Waals surface area (Å²) in [5.41, 5.74) is 5.94. The Labute approximate surface area is 139 Å². The Morgan fingerprint density at radius 2 is 1.70 bits per heavy atom. The van der Waals surface area contributed by atoms with Crippen LogP contribution in [0.1, 0.15) is 49.7 Å². The lowest BCUT2D eigenvalue weighted by atomic mass is 9.93. The van der Waals surface area contributed by atoms with E-state index < -0.39 is 0 Å². The molecule has 1 heterocycles. The standard InChI is InChI=1S/C22H23N/c1-15-11-16(2)13-20(12-15)22-21-8-7-18(17-5-3-4-6-17)14-19(21)9-10-23-22/h7-14,17H,3-6H2,1-2H3/i10D. The summed E-state index contributed by atoms with van der Waals surface area (Å²) in [4.78, 5) is 4.55. The number of benzene rings is 2. The van der Waals surface area contributed by atoms with E-state index in [9.17, 15) is 0 Å². The van der Waals surface area contributed by atoms with Crippen molar-refractivity contribution in [3.05, 3.63) is 65.3 Å². The molecule has 0 atom stereocenters. The summed E-state index contributed by atoms with van der Waals surface area (Å²) in [7, 11) is 0. The second-order valence-electron chi connectivity index (χ2n) is 6.94. The minimum absolute atomic E-state index is 0.347. The van der Waals surface area contributed by atoms with Gasteiger partial charge in [0.05, 0.1) is 7.06 Å². The van der Waals surface area contributed by atoms with Gasteiger partial charge in [0.15, 0.2) is 0 Å². The highest BCUT2D eigenvalue weighted by Gasteiger charge is 2.17. The molecule has 0 radical (unpaired) electrons. The van der Waals surface area contributed by atoms with E-state index in [1.807, 2.05) is 6.07 Å². The number of nitrogens with zero attached hydrogens (tertiary/aromatic N) is 1. The lowest BCUT2D eigenvalue weighted by Crippen LogP contribution is -1.93. The number of aryl methyl sites for hydroxylation is 2. The minimum atomic E-state index is 0.347. The molecule has 4 rings (SSSR count). The summed E-state index contributed by atoms with van der Waals surface area (Å²) >= 11 is 0. The van der Waals surface area contributed by atoms with Crippen LogP contribution < -0.4 is 0 Å². The van der Waals surface area contributed by atoms with Gasteiger partial charge in [-0.1, -0.05) is 48.2 Å². The molecule has 2 aromatic carbocycles. The quantitative estimate of drug-likeness (QED) is 0.551. The van der Waals surface area contributed by atoms with Crippen LogP contribution >= 0.6 is 0 Å². The number of hydrogen-bond acceptors (Lipinski definition) is 1. The highest BCUT2D eigenvalue weighted by molar-refractivity contribution is 5.95. The average molecular weight is 302 g/mol. The maximum atomic E-state index is 8.14. The molecular formula is C22H23N. The van der Waals surface area contributed by atoms with Gasteiger partial charge >= 0.3 is 0 Å². The number of aromatic nitrogens is 1. The molecule has 3 aromatic rings. The van der Waals surface area contributed by atoms with Gasteiger partial charge in [0, 0.05) is 17.1 Å². The zero-order valence-electron chi connectivity index (χ0n) is 14.9. The topological polar surface area (TPSA) is 12.9 Å². The second-order valence-corrected chi connectivity index (χ2v) is 6.94. The Kier molecular flexibility index (Phi) is 3.36. The first-order chi connectivity index (χ1) is 11.6. The van der Waals surface area contributed by atoms with E-state index in [1.165, 1.54) is 42.4 Å². The third-order valence-electron chi connectivity index (χ3n) is 5.05. The molecule has 1 aromatic heterocycles. The first-order valence-electron chi connectivity index (χ1n) is 9.10. The van der Waals surface area contributed by atoms with E-state index in [1.54, 1.807) is 0 Å². The molecule has 116 valence electrons. The molecule has 1 fully saturated rings. The molecule has 0 bridgehead atoms. The fourth-order valence-corrected chi connectivity index (χ4v) is 3.99. The van der Waals surface area contributed by atoms with Crippen LogP contribution in [0.25, 0.3) is 22.0 Å². The Morgan fingerprint density at radius 1 is 0.957 bits per heavy atom. The maximum absolute atomic E-state index is 8.14. The van der Waals surface area contributed by atoms with Crippen molar-refractivity contribution >= 4 is 10.8 Å². The number of pyridine rings is 1. The van der Waals surface area contributed by atoms with Crippen LogP contribution in [0.15, 0.2) is 48.6 Å². The van der Waals surface area contributed by atoms with Crippen molar-refractivity contribution in [2.75, 3.05) is 0 Å². The molecule has 1 aliphatic rings. The van der Waals surface area contributed by atoms with Gasteiger partial charge in [0.25, 0.3) is 0 Å². The first kappa shape index (κ1) is 13.3. The van der Waals surface area contributed by atoms with Crippen LogP contribution in [0.3, 0.4) is 0 Å². The normalized spacial score (nSPS) is 16.0. The fraction of sp³-hybridized carbons (Fsp3) is 0.318. The van der Waals surface area contributed by atoms with Gasteiger partial charge in [0.2, 0.25) is 0 Å². The zero-order chi connectivity index (χ0) is 16.7. The SMILES string of the molecule is [2H]c1cc2cc(C3CCCC3)ccc2c(-c2cc(C)cc(C)c2)n1. The summed E-state index contributed by atoms with van der Waals surface area (Å²) < 4.78 is 8.14. The summed E-state index contributed by atoms with van der Waals surface area (Å²) in [6.45, 7) is 4.23. The van der Waals surface area contributed by atoms with Crippen molar-refractivity contribution in [1.29, 1.82) is 0 Å². The molecule has 1 heteroatoms. The van der Waals surface area contributed by atoms with Crippen molar-refractivity contribution in [3.63, 3.8) is 0 Å².